The van der Waals surface area contributed by atoms with Crippen molar-refractivity contribution in [3.05, 3.63) is 0 Å². The highest BCUT2D eigenvalue weighted by atomic mass is 16.4. The highest BCUT2D eigenvalue weighted by Gasteiger charge is 2.25. The number of carboxylic acid groups (broad SMARTS) is 1. The molecule has 0 heterocycles. The molecule has 0 fully saturated rings. The molecule has 0 aliphatic rings. The van der Waals surface area contributed by atoms with Crippen molar-refractivity contribution in [2.75, 3.05) is 0 Å². The summed E-state index contributed by atoms with van der Waals surface area (Å²) >= 11 is 0. The van der Waals surface area contributed by atoms with Crippen LogP contribution in [-0.4, -0.2) is 28.1 Å². The predicted octanol–water partition coefficient (Wildman–Crippen LogP) is 30.7. The summed E-state index contributed by atoms with van der Waals surface area (Å²) in [5.74, 6) is -0.572. The van der Waals surface area contributed by atoms with Gasteiger partial charge in [-0.25, -0.2) is 0 Å². The number of ketones is 1. The van der Waals surface area contributed by atoms with Gasteiger partial charge in [-0.05, 0) is 25.7 Å². The molecule has 0 radical (unpaired) electrons. The van der Waals surface area contributed by atoms with E-state index in [2.05, 4.69) is 20.8 Å². The maximum atomic E-state index is 12.7. The van der Waals surface area contributed by atoms with Crippen molar-refractivity contribution in [2.24, 2.45) is 11.8 Å². The van der Waals surface area contributed by atoms with E-state index in [9.17, 15) is 19.8 Å². The minimum Gasteiger partial charge on any atom is -0.481 e. The zero-order valence-electron chi connectivity index (χ0n) is 62.6. The average Bonchev–Trinajstić information content (AvgIpc) is 3.74. The van der Waals surface area contributed by atoms with Crippen molar-refractivity contribution < 1.29 is 19.8 Å². The number of aliphatic hydroxyl groups is 1. The lowest BCUT2D eigenvalue weighted by atomic mass is 9.91. The number of aliphatic hydroxyl groups excluding tert-OH is 1. The van der Waals surface area contributed by atoms with Crippen molar-refractivity contribution in [1.82, 2.24) is 0 Å². The number of hydrogen-bond acceptors (Lipinski definition) is 3. The molecule has 3 unspecified atom stereocenters. The largest absolute Gasteiger partial charge is 0.481 e. The van der Waals surface area contributed by atoms with Gasteiger partial charge in [-0.3, -0.25) is 9.59 Å². The maximum Gasteiger partial charge on any atom is 0.309 e. The standard InChI is InChI=1S/C86H170O4/c1-4-6-8-10-12-14-16-18-20-22-24-25-40-43-47-51-55-59-63-67-71-75-79-83(86(89)90)85(88)81-77-73-69-65-61-57-53-49-45-42-39-37-35-33-31-29-27-26-28-30-32-34-36-38-41-44-48-52-56-60-64-68-72-76-80-84(87)82(3)78-74-70-66-62-58-54-50-46-23-21-19-17-15-13-11-9-7-5-2/h82-83,85,88H,4-81H2,1-3H3,(H,89,90). The summed E-state index contributed by atoms with van der Waals surface area (Å²) in [4.78, 5) is 24.7. The van der Waals surface area contributed by atoms with Crippen LogP contribution >= 0.6 is 0 Å². The number of carbonyl (C=O) groups excluding carboxylic acids is 1. The molecule has 3 atom stereocenters. The van der Waals surface area contributed by atoms with Crippen LogP contribution < -0.4 is 0 Å². The molecule has 0 saturated carbocycles. The Labute approximate surface area is 568 Å². The molecule has 90 heavy (non-hydrogen) atoms. The summed E-state index contributed by atoms with van der Waals surface area (Å²) in [6, 6.07) is 0. The van der Waals surface area contributed by atoms with Crippen molar-refractivity contribution >= 4 is 11.8 Å². The first-order chi connectivity index (χ1) is 44.4. The first-order valence-electron chi connectivity index (χ1n) is 42.9. The monoisotopic (exact) mass is 1270 g/mol. The van der Waals surface area contributed by atoms with Crippen LogP contribution in [0.1, 0.15) is 522 Å². The van der Waals surface area contributed by atoms with E-state index in [0.717, 1.165) is 44.9 Å². The van der Waals surface area contributed by atoms with Gasteiger partial charge in [0.1, 0.15) is 5.78 Å². The van der Waals surface area contributed by atoms with E-state index in [4.69, 9.17) is 0 Å². The number of unbranched alkanes of at least 4 members (excludes halogenated alkanes) is 71. The van der Waals surface area contributed by atoms with E-state index in [1.54, 1.807) is 0 Å². The van der Waals surface area contributed by atoms with Crippen LogP contribution in [0.25, 0.3) is 0 Å². The second-order valence-corrected chi connectivity index (χ2v) is 30.5. The van der Waals surface area contributed by atoms with Crippen LogP contribution in [0.15, 0.2) is 0 Å². The number of Topliss-reactive ketones (excluding diaryl/α,β-unsaturated/α-hetero) is 1. The molecule has 4 nitrogen and oxygen atoms in total. The van der Waals surface area contributed by atoms with Gasteiger partial charge < -0.3 is 10.2 Å². The Kier molecular flexibility index (Phi) is 78.0. The van der Waals surface area contributed by atoms with Gasteiger partial charge >= 0.3 is 5.97 Å². The van der Waals surface area contributed by atoms with Gasteiger partial charge in [-0.2, -0.15) is 0 Å². The first-order valence-corrected chi connectivity index (χ1v) is 42.9. The molecule has 0 aliphatic heterocycles. The lowest BCUT2D eigenvalue weighted by Crippen LogP contribution is -2.28. The third kappa shape index (κ3) is 72.9. The van der Waals surface area contributed by atoms with E-state index in [-0.39, 0.29) is 5.92 Å². The van der Waals surface area contributed by atoms with Gasteiger partial charge in [0.05, 0.1) is 12.0 Å². The van der Waals surface area contributed by atoms with Crippen molar-refractivity contribution in [3.8, 4) is 0 Å². The first kappa shape index (κ1) is 89.1. The summed E-state index contributed by atoms with van der Waals surface area (Å²) in [6.07, 6.45) is 105. The van der Waals surface area contributed by atoms with Crippen LogP contribution in [0.4, 0.5) is 0 Å². The minimum atomic E-state index is -0.801. The molecular formula is C86H170O4. The van der Waals surface area contributed by atoms with Crippen molar-refractivity contribution in [3.63, 3.8) is 0 Å². The minimum absolute atomic E-state index is 0.281. The zero-order valence-corrected chi connectivity index (χ0v) is 62.6. The molecule has 4 heteroatoms. The molecule has 0 saturated heterocycles. The fourth-order valence-corrected chi connectivity index (χ4v) is 14.7. The SMILES string of the molecule is CCCCCCCCCCCCCCCCCCCCCCCCC(C(=O)O)C(O)CCCCCCCCCCCCCCCCCCCCCCCCCCCCCCCCCCCCC(=O)C(C)CCCCCCCCCCCCCCCCCCCC. The lowest BCUT2D eigenvalue weighted by molar-refractivity contribution is -0.146. The Morgan fingerprint density at radius 3 is 0.567 bits per heavy atom. The highest BCUT2D eigenvalue weighted by molar-refractivity contribution is 5.80. The molecule has 2 N–H and O–H groups in total. The van der Waals surface area contributed by atoms with Gasteiger partial charge in [-0.15, -0.1) is 0 Å². The molecule has 0 aromatic carbocycles. The molecule has 0 amide bonds. The van der Waals surface area contributed by atoms with Gasteiger partial charge in [0.2, 0.25) is 0 Å². The molecule has 0 aromatic heterocycles. The Morgan fingerprint density at radius 1 is 0.222 bits per heavy atom. The summed E-state index contributed by atoms with van der Waals surface area (Å²) < 4.78 is 0. The fraction of sp³-hybridized carbons (Fsp3) is 0.977. The average molecular weight is 1270 g/mol. The predicted molar refractivity (Wildman–Crippen MR) is 403 cm³/mol. The van der Waals surface area contributed by atoms with Gasteiger partial charge in [0.15, 0.2) is 0 Å². The summed E-state index contributed by atoms with van der Waals surface area (Å²) in [7, 11) is 0. The highest BCUT2D eigenvalue weighted by Crippen LogP contribution is 2.24. The van der Waals surface area contributed by atoms with Gasteiger partial charge in [0, 0.05) is 12.3 Å². The fourth-order valence-electron chi connectivity index (χ4n) is 14.7. The lowest BCUT2D eigenvalue weighted by Gasteiger charge is -2.19. The normalized spacial score (nSPS) is 12.8. The number of rotatable bonds is 82. The van der Waals surface area contributed by atoms with Crippen molar-refractivity contribution in [1.29, 1.82) is 0 Å². The zero-order chi connectivity index (χ0) is 65.0. The van der Waals surface area contributed by atoms with E-state index >= 15 is 0 Å². The van der Waals surface area contributed by atoms with Gasteiger partial charge in [-0.1, -0.05) is 489 Å². The Hall–Kier alpha value is -0.900. The third-order valence-electron chi connectivity index (χ3n) is 21.4. The molecule has 0 aromatic rings. The Balaban J connectivity index is 3.34. The maximum absolute atomic E-state index is 12.7. The number of aliphatic carboxylic acids is 1. The number of carbonyl (C=O) groups is 2. The molecule has 0 rings (SSSR count). The topological polar surface area (TPSA) is 74.6 Å². The summed E-state index contributed by atoms with van der Waals surface area (Å²) in [6.45, 7) is 6.79. The third-order valence-corrected chi connectivity index (χ3v) is 21.4. The second kappa shape index (κ2) is 78.8. The Morgan fingerprint density at radius 2 is 0.378 bits per heavy atom. The summed E-state index contributed by atoms with van der Waals surface area (Å²) in [5.41, 5.74) is 0. The molecule has 0 bridgehead atoms. The van der Waals surface area contributed by atoms with E-state index in [1.165, 1.54) is 443 Å². The smallest absolute Gasteiger partial charge is 0.309 e. The van der Waals surface area contributed by atoms with Crippen molar-refractivity contribution in [2.45, 2.75) is 528 Å². The molecule has 0 spiro atoms. The molecule has 538 valence electrons. The summed E-state index contributed by atoms with van der Waals surface area (Å²) in [5, 5.41) is 20.6. The van der Waals surface area contributed by atoms with Crippen LogP contribution in [-0.2, 0) is 9.59 Å². The number of hydrogen-bond donors (Lipinski definition) is 2. The van der Waals surface area contributed by atoms with Crippen LogP contribution in [0, 0.1) is 11.8 Å². The van der Waals surface area contributed by atoms with Gasteiger partial charge in [0.25, 0.3) is 0 Å². The molecule has 0 aliphatic carbocycles. The van der Waals surface area contributed by atoms with Crippen LogP contribution in [0.2, 0.25) is 0 Å². The van der Waals surface area contributed by atoms with E-state index in [1.807, 2.05) is 0 Å². The Bertz CT molecular complexity index is 1330. The van der Waals surface area contributed by atoms with Crippen LogP contribution in [0.5, 0.6) is 0 Å². The molecular weight excluding hydrogens is 1100 g/mol. The number of carboxylic acids is 1. The van der Waals surface area contributed by atoms with Crippen LogP contribution in [0.3, 0.4) is 0 Å². The van der Waals surface area contributed by atoms with E-state index < -0.39 is 18.0 Å². The quantitative estimate of drug-likeness (QED) is 0.0595. The van der Waals surface area contributed by atoms with E-state index in [0.29, 0.717) is 18.6 Å². The second-order valence-electron chi connectivity index (χ2n) is 30.5.